The Morgan fingerprint density at radius 1 is 1.35 bits per heavy atom. The number of rotatable bonds is 7. The maximum atomic E-state index is 12.7. The number of nitrogens with zero attached hydrogens (tertiary/aromatic N) is 1. The van der Waals surface area contributed by atoms with Crippen LogP contribution in [0.3, 0.4) is 0 Å². The number of methoxy groups -OCH3 is 1. The number of benzene rings is 1. The molecule has 2 fully saturated rings. The fraction of sp³-hybridized carbons (Fsp3) is 0.579. The van der Waals surface area contributed by atoms with Crippen molar-refractivity contribution in [3.05, 3.63) is 29.8 Å². The lowest BCUT2D eigenvalue weighted by Gasteiger charge is -2.23. The van der Waals surface area contributed by atoms with Crippen LogP contribution in [0.2, 0.25) is 0 Å². The molecule has 2 aliphatic rings. The Morgan fingerprint density at radius 2 is 2.12 bits per heavy atom. The lowest BCUT2D eigenvalue weighted by atomic mass is 9.88. The first-order valence-electron chi connectivity index (χ1n) is 8.90. The molecule has 7 heteroatoms. The Kier molecular flexibility index (Phi) is 5.78. The third-order valence-corrected chi connectivity index (χ3v) is 5.08. The van der Waals surface area contributed by atoms with Crippen molar-refractivity contribution in [2.45, 2.75) is 25.4 Å². The zero-order valence-electron chi connectivity index (χ0n) is 15.0. The van der Waals surface area contributed by atoms with Crippen molar-refractivity contribution in [2.24, 2.45) is 5.41 Å². The van der Waals surface area contributed by atoms with Gasteiger partial charge in [-0.1, -0.05) is 0 Å². The van der Waals surface area contributed by atoms with E-state index in [0.29, 0.717) is 30.9 Å². The first kappa shape index (κ1) is 18.7. The molecule has 26 heavy (non-hydrogen) atoms. The third kappa shape index (κ3) is 3.99. The Bertz CT molecular complexity index is 640. The highest BCUT2D eigenvalue weighted by Crippen LogP contribution is 2.32. The van der Waals surface area contributed by atoms with Crippen molar-refractivity contribution < 1.29 is 28.9 Å². The lowest BCUT2D eigenvalue weighted by molar-refractivity contribution is -0.151. The molecule has 142 valence electrons. The van der Waals surface area contributed by atoms with Crippen LogP contribution in [-0.2, 0) is 14.3 Å². The molecule has 2 aliphatic heterocycles. The maximum absolute atomic E-state index is 12.7. The summed E-state index contributed by atoms with van der Waals surface area (Å²) in [5, 5.41) is 9.51. The van der Waals surface area contributed by atoms with E-state index in [1.165, 1.54) is 7.11 Å². The number of carboxylic acid groups (broad SMARTS) is 1. The smallest absolute Gasteiger partial charge is 0.313 e. The summed E-state index contributed by atoms with van der Waals surface area (Å²) in [4.78, 5) is 25.8. The largest absolute Gasteiger partial charge is 0.491 e. The Balaban J connectivity index is 1.58. The zero-order chi connectivity index (χ0) is 18.6. The van der Waals surface area contributed by atoms with Gasteiger partial charge in [-0.15, -0.1) is 0 Å². The second-order valence-corrected chi connectivity index (χ2v) is 6.97. The van der Waals surface area contributed by atoms with E-state index in [1.54, 1.807) is 29.2 Å². The van der Waals surface area contributed by atoms with Crippen LogP contribution >= 0.6 is 0 Å². The minimum absolute atomic E-state index is 0.0993. The second-order valence-electron chi connectivity index (χ2n) is 6.97. The van der Waals surface area contributed by atoms with Gasteiger partial charge >= 0.3 is 5.97 Å². The molecule has 1 N–H and O–H groups in total. The Labute approximate surface area is 152 Å². The quantitative estimate of drug-likeness (QED) is 0.795. The van der Waals surface area contributed by atoms with E-state index < -0.39 is 11.4 Å². The van der Waals surface area contributed by atoms with Crippen LogP contribution in [-0.4, -0.2) is 68.0 Å². The highest BCUT2D eigenvalue weighted by molar-refractivity contribution is 5.95. The summed E-state index contributed by atoms with van der Waals surface area (Å²) in [6.07, 6.45) is 2.62. The molecule has 7 nitrogen and oxygen atoms in total. The molecule has 2 atom stereocenters. The SMILES string of the molecule is COCC1(C(=O)O)CCN(C(=O)c2ccc(OCC3CCCO3)cc2)C1. The van der Waals surface area contributed by atoms with Gasteiger partial charge in [0.15, 0.2) is 0 Å². The molecule has 3 rings (SSSR count). The predicted molar refractivity (Wildman–Crippen MR) is 93.4 cm³/mol. The Morgan fingerprint density at radius 3 is 2.73 bits per heavy atom. The van der Waals surface area contributed by atoms with Crippen molar-refractivity contribution in [2.75, 3.05) is 40.0 Å². The molecule has 1 amide bonds. The van der Waals surface area contributed by atoms with Crippen molar-refractivity contribution >= 4 is 11.9 Å². The van der Waals surface area contributed by atoms with Crippen LogP contribution in [0.1, 0.15) is 29.6 Å². The summed E-state index contributed by atoms with van der Waals surface area (Å²) in [6.45, 7) is 1.97. The summed E-state index contributed by atoms with van der Waals surface area (Å²) in [6, 6.07) is 6.95. The molecular formula is C19H25NO6. The number of carboxylic acids is 1. The van der Waals surface area contributed by atoms with E-state index in [0.717, 1.165) is 19.4 Å². The van der Waals surface area contributed by atoms with E-state index in [1.807, 2.05) is 0 Å². The van der Waals surface area contributed by atoms with Crippen LogP contribution < -0.4 is 4.74 Å². The highest BCUT2D eigenvalue weighted by Gasteiger charge is 2.46. The molecule has 0 aromatic heterocycles. The summed E-state index contributed by atoms with van der Waals surface area (Å²) in [5.74, 6) is -0.403. The highest BCUT2D eigenvalue weighted by atomic mass is 16.5. The molecule has 0 radical (unpaired) electrons. The fourth-order valence-electron chi connectivity index (χ4n) is 3.52. The predicted octanol–water partition coefficient (Wildman–Crippen LogP) is 1.81. The van der Waals surface area contributed by atoms with Gasteiger partial charge in [0, 0.05) is 32.4 Å². The van der Waals surface area contributed by atoms with Crippen LogP contribution in [0.25, 0.3) is 0 Å². The normalized spacial score (nSPS) is 25.4. The molecule has 0 aliphatic carbocycles. The topological polar surface area (TPSA) is 85.3 Å². The van der Waals surface area contributed by atoms with Crippen molar-refractivity contribution in [1.29, 1.82) is 0 Å². The molecule has 1 aromatic carbocycles. The number of ether oxygens (including phenoxy) is 3. The van der Waals surface area contributed by atoms with Gasteiger partial charge in [-0.2, -0.15) is 0 Å². The number of carbonyl (C=O) groups is 2. The number of hydrogen-bond donors (Lipinski definition) is 1. The second kappa shape index (κ2) is 8.05. The molecule has 2 saturated heterocycles. The molecule has 0 bridgehead atoms. The van der Waals surface area contributed by atoms with Crippen molar-refractivity contribution in [3.8, 4) is 5.75 Å². The van der Waals surface area contributed by atoms with Gasteiger partial charge in [-0.05, 0) is 43.5 Å². The molecule has 0 spiro atoms. The number of hydrogen-bond acceptors (Lipinski definition) is 5. The van der Waals surface area contributed by atoms with E-state index in [2.05, 4.69) is 0 Å². The third-order valence-electron chi connectivity index (χ3n) is 5.08. The zero-order valence-corrected chi connectivity index (χ0v) is 15.0. The number of aliphatic carboxylic acids is 1. The first-order valence-corrected chi connectivity index (χ1v) is 8.90. The summed E-state index contributed by atoms with van der Waals surface area (Å²) >= 11 is 0. The monoisotopic (exact) mass is 363 g/mol. The van der Waals surface area contributed by atoms with Crippen LogP contribution in [0, 0.1) is 5.41 Å². The van der Waals surface area contributed by atoms with Crippen molar-refractivity contribution in [1.82, 2.24) is 4.90 Å². The van der Waals surface area contributed by atoms with Gasteiger partial charge in [-0.3, -0.25) is 9.59 Å². The van der Waals surface area contributed by atoms with Crippen molar-refractivity contribution in [3.63, 3.8) is 0 Å². The van der Waals surface area contributed by atoms with Gasteiger partial charge in [0.1, 0.15) is 17.8 Å². The average molecular weight is 363 g/mol. The van der Waals surface area contributed by atoms with Gasteiger partial charge in [0.05, 0.1) is 12.7 Å². The molecular weight excluding hydrogens is 338 g/mol. The van der Waals surface area contributed by atoms with Gasteiger partial charge in [0.25, 0.3) is 5.91 Å². The van der Waals surface area contributed by atoms with E-state index >= 15 is 0 Å². The number of amides is 1. The molecule has 1 aromatic rings. The minimum Gasteiger partial charge on any atom is -0.491 e. The van der Waals surface area contributed by atoms with E-state index in [9.17, 15) is 14.7 Å². The molecule has 0 saturated carbocycles. The minimum atomic E-state index is -1.02. The van der Waals surface area contributed by atoms with E-state index in [4.69, 9.17) is 14.2 Å². The van der Waals surface area contributed by atoms with Crippen LogP contribution in [0.15, 0.2) is 24.3 Å². The summed E-state index contributed by atoms with van der Waals surface area (Å²) in [5.41, 5.74) is -0.498. The van der Waals surface area contributed by atoms with Gasteiger partial charge in [-0.25, -0.2) is 0 Å². The summed E-state index contributed by atoms with van der Waals surface area (Å²) in [7, 11) is 1.48. The van der Waals surface area contributed by atoms with Crippen LogP contribution in [0.5, 0.6) is 5.75 Å². The molecule has 2 unspecified atom stereocenters. The summed E-state index contributed by atoms with van der Waals surface area (Å²) < 4.78 is 16.3. The molecule has 2 heterocycles. The lowest BCUT2D eigenvalue weighted by Crippen LogP contribution is -2.40. The Hall–Kier alpha value is -2.12. The average Bonchev–Trinajstić information content (AvgIpc) is 3.31. The van der Waals surface area contributed by atoms with Crippen LogP contribution in [0.4, 0.5) is 0 Å². The number of carbonyl (C=O) groups excluding carboxylic acids is 1. The van der Waals surface area contributed by atoms with E-state index in [-0.39, 0.29) is 25.2 Å². The fourth-order valence-corrected chi connectivity index (χ4v) is 3.52. The van der Waals surface area contributed by atoms with Gasteiger partial charge < -0.3 is 24.2 Å². The standard InChI is InChI=1S/C19H25NO6/c1-24-13-19(18(22)23)8-9-20(12-19)17(21)14-4-6-15(7-5-14)26-11-16-3-2-10-25-16/h4-7,16H,2-3,8-13H2,1H3,(H,22,23). The maximum Gasteiger partial charge on any atom is 0.313 e. The first-order chi connectivity index (χ1) is 12.5. The van der Waals surface area contributed by atoms with Gasteiger partial charge in [0.2, 0.25) is 0 Å². The number of likely N-dealkylation sites (tertiary alicyclic amines) is 1.